The molecule has 0 radical (unpaired) electrons. The molecule has 2 nitrogen and oxygen atoms in total. The lowest BCUT2D eigenvalue weighted by molar-refractivity contribution is 0.655. The lowest BCUT2D eigenvalue weighted by atomic mass is 10.2. The fourth-order valence-electron chi connectivity index (χ4n) is 2.25. The number of hydrogen-bond acceptors (Lipinski definition) is 2. The van der Waals surface area contributed by atoms with Gasteiger partial charge in [-0.3, -0.25) is 9.98 Å². The van der Waals surface area contributed by atoms with Gasteiger partial charge in [0.1, 0.15) is 0 Å². The Balaban J connectivity index is 1.54. The van der Waals surface area contributed by atoms with Crippen molar-refractivity contribution in [2.75, 3.05) is 13.1 Å². The van der Waals surface area contributed by atoms with E-state index in [2.05, 4.69) is 9.98 Å². The van der Waals surface area contributed by atoms with Crippen molar-refractivity contribution in [1.82, 2.24) is 0 Å². The highest BCUT2D eigenvalue weighted by atomic mass is 35.5. The smallest absolute Gasteiger partial charge is 0.0493 e. The van der Waals surface area contributed by atoms with Crippen LogP contribution in [0.2, 0.25) is 10.0 Å². The maximum absolute atomic E-state index is 6.08. The molecule has 2 aromatic carbocycles. The molecule has 0 bridgehead atoms. The number of halogens is 2. The topological polar surface area (TPSA) is 24.7 Å². The van der Waals surface area contributed by atoms with Crippen LogP contribution in [0.25, 0.3) is 0 Å². The molecule has 24 heavy (non-hydrogen) atoms. The van der Waals surface area contributed by atoms with Crippen molar-refractivity contribution in [2.45, 2.75) is 25.7 Å². The van der Waals surface area contributed by atoms with Crippen LogP contribution in [0, 0.1) is 0 Å². The van der Waals surface area contributed by atoms with Crippen LogP contribution in [0.3, 0.4) is 0 Å². The maximum Gasteiger partial charge on any atom is 0.0493 e. The fraction of sp³-hybridized carbons (Fsp3) is 0.300. The minimum absolute atomic E-state index is 0.748. The van der Waals surface area contributed by atoms with Gasteiger partial charge in [-0.05, 0) is 25.0 Å². The van der Waals surface area contributed by atoms with Crippen molar-refractivity contribution >= 4 is 35.6 Å². The maximum atomic E-state index is 6.08. The second-order valence-electron chi connectivity index (χ2n) is 5.53. The monoisotopic (exact) mass is 360 g/mol. The van der Waals surface area contributed by atoms with Gasteiger partial charge in [0, 0.05) is 46.7 Å². The van der Waals surface area contributed by atoms with Crippen molar-refractivity contribution in [3.8, 4) is 0 Å². The predicted octanol–water partition coefficient (Wildman–Crippen LogP) is 6.09. The Morgan fingerprint density at radius 3 is 1.46 bits per heavy atom. The number of rotatable bonds is 9. The van der Waals surface area contributed by atoms with E-state index in [0.29, 0.717) is 0 Å². The lowest BCUT2D eigenvalue weighted by Gasteiger charge is -1.99. The van der Waals surface area contributed by atoms with Gasteiger partial charge in [0.05, 0.1) is 0 Å². The number of nitrogens with zero attached hydrogens (tertiary/aromatic N) is 2. The predicted molar refractivity (Wildman–Crippen MR) is 106 cm³/mol. The summed E-state index contributed by atoms with van der Waals surface area (Å²) >= 11 is 12.2. The Bertz CT molecular complexity index is 621. The van der Waals surface area contributed by atoms with E-state index in [4.69, 9.17) is 23.2 Å². The van der Waals surface area contributed by atoms with Crippen LogP contribution in [-0.2, 0) is 0 Å². The molecular formula is C20H22Cl2N2. The van der Waals surface area contributed by atoms with E-state index in [0.717, 1.165) is 47.1 Å². The highest BCUT2D eigenvalue weighted by Crippen LogP contribution is 2.13. The third kappa shape index (κ3) is 6.86. The Morgan fingerprint density at radius 2 is 1.04 bits per heavy atom. The molecule has 0 aromatic heterocycles. The number of aliphatic imine (C=N–C) groups is 2. The van der Waals surface area contributed by atoms with Gasteiger partial charge in [-0.2, -0.15) is 0 Å². The van der Waals surface area contributed by atoms with Crippen molar-refractivity contribution in [2.24, 2.45) is 9.98 Å². The molecule has 0 aliphatic carbocycles. The van der Waals surface area contributed by atoms with Crippen molar-refractivity contribution < 1.29 is 0 Å². The van der Waals surface area contributed by atoms with Gasteiger partial charge in [0.15, 0.2) is 0 Å². The number of benzene rings is 2. The second kappa shape index (κ2) is 11.0. The van der Waals surface area contributed by atoms with Crippen LogP contribution in [0.15, 0.2) is 58.5 Å². The van der Waals surface area contributed by atoms with Crippen LogP contribution in [-0.4, -0.2) is 25.5 Å². The van der Waals surface area contributed by atoms with E-state index in [1.54, 1.807) is 0 Å². The zero-order valence-corrected chi connectivity index (χ0v) is 15.2. The molecule has 0 heterocycles. The van der Waals surface area contributed by atoms with E-state index >= 15 is 0 Å². The molecule has 0 N–H and O–H groups in total. The SMILES string of the molecule is Clc1ccccc1C=NCCCCCCN=Cc1ccccc1Cl. The van der Waals surface area contributed by atoms with Crippen molar-refractivity contribution in [3.63, 3.8) is 0 Å². The molecule has 0 fully saturated rings. The van der Waals surface area contributed by atoms with E-state index < -0.39 is 0 Å². The lowest BCUT2D eigenvalue weighted by Crippen LogP contribution is -1.89. The zero-order valence-electron chi connectivity index (χ0n) is 13.7. The van der Waals surface area contributed by atoms with E-state index in [1.165, 1.54) is 12.8 Å². The Labute approximate surface area is 154 Å². The van der Waals surface area contributed by atoms with Gasteiger partial charge in [0.2, 0.25) is 0 Å². The first-order valence-electron chi connectivity index (χ1n) is 8.26. The van der Waals surface area contributed by atoms with Gasteiger partial charge in [-0.15, -0.1) is 0 Å². The van der Waals surface area contributed by atoms with E-state index in [1.807, 2.05) is 61.0 Å². The summed E-state index contributed by atoms with van der Waals surface area (Å²) in [4.78, 5) is 8.86. The molecule has 0 aliphatic rings. The summed E-state index contributed by atoms with van der Waals surface area (Å²) in [7, 11) is 0. The zero-order chi connectivity index (χ0) is 17.0. The number of hydrogen-bond donors (Lipinski definition) is 0. The number of unbranched alkanes of at least 4 members (excludes halogenated alkanes) is 3. The van der Waals surface area contributed by atoms with Crippen LogP contribution in [0.5, 0.6) is 0 Å². The first kappa shape index (κ1) is 18.7. The summed E-state index contributed by atoms with van der Waals surface area (Å²) in [5.41, 5.74) is 1.96. The van der Waals surface area contributed by atoms with Crippen LogP contribution in [0.4, 0.5) is 0 Å². The Morgan fingerprint density at radius 1 is 0.625 bits per heavy atom. The Kier molecular flexibility index (Phi) is 8.58. The van der Waals surface area contributed by atoms with Gasteiger partial charge in [0.25, 0.3) is 0 Å². The third-order valence-corrected chi connectivity index (χ3v) is 4.28. The van der Waals surface area contributed by atoms with E-state index in [-0.39, 0.29) is 0 Å². The van der Waals surface area contributed by atoms with E-state index in [9.17, 15) is 0 Å². The first-order valence-corrected chi connectivity index (χ1v) is 9.01. The molecule has 2 rings (SSSR count). The fourth-order valence-corrected chi connectivity index (χ4v) is 2.61. The summed E-state index contributed by atoms with van der Waals surface area (Å²) in [6, 6.07) is 15.5. The molecule has 0 saturated heterocycles. The molecule has 126 valence electrons. The largest absolute Gasteiger partial charge is 0.293 e. The molecule has 0 amide bonds. The van der Waals surface area contributed by atoms with Crippen LogP contribution >= 0.6 is 23.2 Å². The van der Waals surface area contributed by atoms with Gasteiger partial charge < -0.3 is 0 Å². The summed E-state index contributed by atoms with van der Waals surface area (Å²) in [6.07, 6.45) is 8.24. The summed E-state index contributed by atoms with van der Waals surface area (Å²) < 4.78 is 0. The summed E-state index contributed by atoms with van der Waals surface area (Å²) in [5, 5.41) is 1.50. The van der Waals surface area contributed by atoms with Crippen LogP contribution in [0.1, 0.15) is 36.8 Å². The van der Waals surface area contributed by atoms with Gasteiger partial charge in [-0.1, -0.05) is 72.4 Å². The summed E-state index contributed by atoms with van der Waals surface area (Å²) in [6.45, 7) is 1.68. The van der Waals surface area contributed by atoms with Crippen molar-refractivity contribution in [1.29, 1.82) is 0 Å². The second-order valence-corrected chi connectivity index (χ2v) is 6.34. The quantitative estimate of drug-likeness (QED) is 0.381. The molecule has 0 unspecified atom stereocenters. The first-order chi connectivity index (χ1) is 11.8. The summed E-state index contributed by atoms with van der Waals surface area (Å²) in [5.74, 6) is 0. The van der Waals surface area contributed by atoms with Crippen molar-refractivity contribution in [3.05, 3.63) is 69.7 Å². The highest BCUT2D eigenvalue weighted by Gasteiger charge is 1.95. The average molecular weight is 361 g/mol. The van der Waals surface area contributed by atoms with Gasteiger partial charge >= 0.3 is 0 Å². The normalized spacial score (nSPS) is 11.6. The van der Waals surface area contributed by atoms with Crippen LogP contribution < -0.4 is 0 Å². The molecular weight excluding hydrogens is 339 g/mol. The average Bonchev–Trinajstić information content (AvgIpc) is 2.59. The Hall–Kier alpha value is -1.64. The standard InChI is InChI=1S/C20H22Cl2N2/c21-19-11-5-3-9-17(19)15-23-13-7-1-2-8-14-24-16-18-10-4-6-12-20(18)22/h3-6,9-12,15-16H,1-2,7-8,13-14H2. The minimum atomic E-state index is 0.748. The molecule has 0 spiro atoms. The molecule has 0 aliphatic heterocycles. The van der Waals surface area contributed by atoms with Gasteiger partial charge in [-0.25, -0.2) is 0 Å². The minimum Gasteiger partial charge on any atom is -0.293 e. The molecule has 0 atom stereocenters. The molecule has 4 heteroatoms. The third-order valence-electron chi connectivity index (χ3n) is 3.60. The highest BCUT2D eigenvalue weighted by molar-refractivity contribution is 6.33. The molecule has 0 saturated carbocycles. The molecule has 2 aromatic rings.